The van der Waals surface area contributed by atoms with Gasteiger partial charge >= 0.3 is 11.9 Å². The van der Waals surface area contributed by atoms with Gasteiger partial charge in [0.2, 0.25) is 5.88 Å². The number of hydrogen-bond donors (Lipinski definition) is 0. The van der Waals surface area contributed by atoms with E-state index in [2.05, 4.69) is 17.0 Å². The van der Waals surface area contributed by atoms with Crippen LogP contribution >= 0.6 is 0 Å². The quantitative estimate of drug-likeness (QED) is 0.458. The summed E-state index contributed by atoms with van der Waals surface area (Å²) in [6, 6.07) is 11.1. The average molecular weight is 371 g/mol. The SMILES string of the molecule is CCCCOc1cc(=NC(=O)C(=O)OC(C)(C)C)cnn1-c1ccccc1. The van der Waals surface area contributed by atoms with E-state index in [0.717, 1.165) is 18.5 Å². The van der Waals surface area contributed by atoms with Gasteiger partial charge in [0.15, 0.2) is 0 Å². The van der Waals surface area contributed by atoms with Crippen LogP contribution in [-0.4, -0.2) is 33.9 Å². The van der Waals surface area contributed by atoms with Crippen molar-refractivity contribution in [3.8, 4) is 11.6 Å². The highest BCUT2D eigenvalue weighted by Crippen LogP contribution is 2.14. The Morgan fingerprint density at radius 3 is 2.52 bits per heavy atom. The van der Waals surface area contributed by atoms with Gasteiger partial charge in [0.1, 0.15) is 5.60 Å². The molecule has 0 N–H and O–H groups in total. The van der Waals surface area contributed by atoms with Crippen molar-refractivity contribution in [2.75, 3.05) is 6.61 Å². The summed E-state index contributed by atoms with van der Waals surface area (Å²) in [7, 11) is 0. The van der Waals surface area contributed by atoms with Gasteiger partial charge in [0.25, 0.3) is 0 Å². The van der Waals surface area contributed by atoms with E-state index in [1.54, 1.807) is 31.5 Å². The molecule has 1 aromatic carbocycles. The first-order chi connectivity index (χ1) is 12.8. The number of unbranched alkanes of at least 4 members (excludes halogenated alkanes) is 1. The smallest absolute Gasteiger partial charge is 0.399 e. The van der Waals surface area contributed by atoms with Crippen LogP contribution in [0.25, 0.3) is 5.69 Å². The molecular weight excluding hydrogens is 346 g/mol. The van der Waals surface area contributed by atoms with Crippen molar-refractivity contribution < 1.29 is 19.1 Å². The van der Waals surface area contributed by atoms with Crippen LogP contribution in [0.2, 0.25) is 0 Å². The van der Waals surface area contributed by atoms with Crippen LogP contribution in [0, 0.1) is 0 Å². The van der Waals surface area contributed by atoms with Crippen LogP contribution in [0.3, 0.4) is 0 Å². The number of para-hydroxylation sites is 1. The summed E-state index contributed by atoms with van der Waals surface area (Å²) in [5.74, 6) is -1.55. The Hall–Kier alpha value is -2.96. The van der Waals surface area contributed by atoms with Gasteiger partial charge in [-0.3, -0.25) is 4.79 Å². The highest BCUT2D eigenvalue weighted by atomic mass is 16.6. The maximum absolute atomic E-state index is 12.0. The molecule has 0 bridgehead atoms. The second kappa shape index (κ2) is 9.12. The van der Waals surface area contributed by atoms with Crippen molar-refractivity contribution in [2.24, 2.45) is 4.99 Å². The van der Waals surface area contributed by atoms with Gasteiger partial charge in [0.05, 0.1) is 23.8 Å². The molecule has 2 rings (SSSR count). The minimum absolute atomic E-state index is 0.226. The molecule has 0 saturated heterocycles. The van der Waals surface area contributed by atoms with Gasteiger partial charge in [-0.1, -0.05) is 31.5 Å². The minimum Gasteiger partial charge on any atom is -0.478 e. The normalized spacial score (nSPS) is 11.9. The van der Waals surface area contributed by atoms with E-state index >= 15 is 0 Å². The maximum atomic E-state index is 12.0. The number of benzene rings is 1. The summed E-state index contributed by atoms with van der Waals surface area (Å²) >= 11 is 0. The Morgan fingerprint density at radius 1 is 1.19 bits per heavy atom. The lowest BCUT2D eigenvalue weighted by Gasteiger charge is -2.17. The van der Waals surface area contributed by atoms with E-state index < -0.39 is 17.5 Å². The minimum atomic E-state index is -1.00. The third-order valence-electron chi connectivity index (χ3n) is 3.34. The number of amides is 1. The highest BCUT2D eigenvalue weighted by Gasteiger charge is 2.22. The van der Waals surface area contributed by atoms with Crippen LogP contribution in [0.5, 0.6) is 5.88 Å². The molecule has 1 heterocycles. The van der Waals surface area contributed by atoms with Crippen molar-refractivity contribution in [1.29, 1.82) is 0 Å². The van der Waals surface area contributed by atoms with Gasteiger partial charge in [-0.05, 0) is 39.3 Å². The van der Waals surface area contributed by atoms with Crippen molar-refractivity contribution >= 4 is 11.9 Å². The monoisotopic (exact) mass is 371 g/mol. The molecule has 1 amide bonds. The van der Waals surface area contributed by atoms with Crippen molar-refractivity contribution in [2.45, 2.75) is 46.1 Å². The molecule has 27 heavy (non-hydrogen) atoms. The number of carbonyl (C=O) groups excluding carboxylic acids is 2. The number of esters is 1. The molecule has 0 atom stereocenters. The summed E-state index contributed by atoms with van der Waals surface area (Å²) in [5, 5.41) is 4.53. The lowest BCUT2D eigenvalue weighted by molar-refractivity contribution is -0.162. The first kappa shape index (κ1) is 20.4. The molecule has 7 nitrogen and oxygen atoms in total. The summed E-state index contributed by atoms with van der Waals surface area (Å²) in [6.45, 7) is 7.63. The average Bonchev–Trinajstić information content (AvgIpc) is 2.61. The first-order valence-electron chi connectivity index (χ1n) is 8.90. The maximum Gasteiger partial charge on any atom is 0.399 e. The number of nitrogens with zero attached hydrogens (tertiary/aromatic N) is 3. The molecule has 7 heteroatoms. The molecule has 0 aliphatic rings. The molecular formula is C20H25N3O4. The summed E-state index contributed by atoms with van der Waals surface area (Å²) < 4.78 is 12.5. The lowest BCUT2D eigenvalue weighted by Crippen LogP contribution is -2.29. The van der Waals surface area contributed by atoms with Gasteiger partial charge in [-0.2, -0.15) is 5.10 Å². The third-order valence-corrected chi connectivity index (χ3v) is 3.34. The van der Waals surface area contributed by atoms with Crippen molar-refractivity contribution in [3.63, 3.8) is 0 Å². The van der Waals surface area contributed by atoms with Crippen LogP contribution < -0.4 is 10.1 Å². The summed E-state index contributed by atoms with van der Waals surface area (Å²) in [6.07, 6.45) is 3.27. The number of ether oxygens (including phenoxy) is 2. The second-order valence-corrected chi connectivity index (χ2v) is 6.92. The molecule has 0 fully saturated rings. The topological polar surface area (TPSA) is 82.8 Å². The first-order valence-corrected chi connectivity index (χ1v) is 8.90. The number of rotatable bonds is 5. The third kappa shape index (κ3) is 6.36. The van der Waals surface area contributed by atoms with Crippen molar-refractivity contribution in [3.05, 3.63) is 48.0 Å². The molecule has 0 aliphatic heterocycles. The van der Waals surface area contributed by atoms with Gasteiger partial charge in [-0.15, -0.1) is 0 Å². The molecule has 0 saturated carbocycles. The molecule has 0 spiro atoms. The Morgan fingerprint density at radius 2 is 1.89 bits per heavy atom. The highest BCUT2D eigenvalue weighted by molar-refractivity contribution is 6.33. The zero-order valence-electron chi connectivity index (χ0n) is 16.1. The Bertz CT molecular complexity index is 852. The molecule has 0 radical (unpaired) electrons. The molecule has 0 aliphatic carbocycles. The predicted molar refractivity (Wildman–Crippen MR) is 100 cm³/mol. The number of hydrogen-bond acceptors (Lipinski definition) is 5. The largest absolute Gasteiger partial charge is 0.478 e. The van der Waals surface area contributed by atoms with Crippen LogP contribution in [0.15, 0.2) is 47.6 Å². The lowest BCUT2D eigenvalue weighted by atomic mass is 10.2. The predicted octanol–water partition coefficient (Wildman–Crippen LogP) is 2.82. The van der Waals surface area contributed by atoms with E-state index in [4.69, 9.17) is 9.47 Å². The molecule has 0 unspecified atom stereocenters. The van der Waals surface area contributed by atoms with Crippen LogP contribution in [0.4, 0.5) is 0 Å². The Kier molecular flexibility index (Phi) is 6.87. The van der Waals surface area contributed by atoms with Crippen LogP contribution in [-0.2, 0) is 14.3 Å². The van der Waals surface area contributed by atoms with Gasteiger partial charge < -0.3 is 9.47 Å². The summed E-state index contributed by atoms with van der Waals surface area (Å²) in [4.78, 5) is 27.6. The van der Waals surface area contributed by atoms with Crippen molar-refractivity contribution in [1.82, 2.24) is 9.78 Å². The molecule has 144 valence electrons. The fourth-order valence-corrected chi connectivity index (χ4v) is 2.13. The van der Waals surface area contributed by atoms with E-state index in [-0.39, 0.29) is 5.36 Å². The standard InChI is InChI=1S/C20H25N3O4/c1-5-6-12-26-17-13-15(22-18(24)19(25)27-20(2,3)4)14-21-23(17)16-10-8-7-9-11-16/h7-11,13-14H,5-6,12H2,1-4H3. The Balaban J connectivity index is 2.34. The van der Waals surface area contributed by atoms with E-state index in [0.29, 0.717) is 12.5 Å². The number of aromatic nitrogens is 2. The van der Waals surface area contributed by atoms with Gasteiger partial charge in [0, 0.05) is 6.07 Å². The molecule has 1 aromatic heterocycles. The fourth-order valence-electron chi connectivity index (χ4n) is 2.13. The zero-order valence-corrected chi connectivity index (χ0v) is 16.1. The molecule has 2 aromatic rings. The summed E-state index contributed by atoms with van der Waals surface area (Å²) in [5.41, 5.74) is 0.0520. The van der Waals surface area contributed by atoms with E-state index in [1.165, 1.54) is 6.20 Å². The van der Waals surface area contributed by atoms with Gasteiger partial charge in [-0.25, -0.2) is 14.5 Å². The zero-order chi connectivity index (χ0) is 19.9. The van der Waals surface area contributed by atoms with E-state index in [1.807, 2.05) is 30.3 Å². The number of carbonyl (C=O) groups is 2. The Labute approximate surface area is 158 Å². The van der Waals surface area contributed by atoms with E-state index in [9.17, 15) is 9.59 Å². The van der Waals surface area contributed by atoms with Crippen LogP contribution in [0.1, 0.15) is 40.5 Å². The second-order valence-electron chi connectivity index (χ2n) is 6.92. The fraction of sp³-hybridized carbons (Fsp3) is 0.400.